The van der Waals surface area contributed by atoms with E-state index in [4.69, 9.17) is 0 Å². The van der Waals surface area contributed by atoms with Gasteiger partial charge in [0.25, 0.3) is 5.91 Å². The SMILES string of the molecule is O=C(NC1CCCc2ccccc21)c1nnsc1NC(=O)C1CNCC(C(F)(F)F)C1. The van der Waals surface area contributed by atoms with Crippen LogP contribution in [0.15, 0.2) is 24.3 Å². The summed E-state index contributed by atoms with van der Waals surface area (Å²) in [5.74, 6) is -3.49. The van der Waals surface area contributed by atoms with Crippen LogP contribution < -0.4 is 16.0 Å². The van der Waals surface area contributed by atoms with Crippen LogP contribution in [-0.2, 0) is 11.2 Å². The predicted octanol–water partition coefficient (Wildman–Crippen LogP) is 3.07. The number of aryl methyl sites for hydroxylation is 1. The van der Waals surface area contributed by atoms with Crippen molar-refractivity contribution in [1.82, 2.24) is 20.2 Å². The number of alkyl halides is 3. The van der Waals surface area contributed by atoms with Crippen LogP contribution in [0.3, 0.4) is 0 Å². The highest BCUT2D eigenvalue weighted by atomic mass is 32.1. The lowest BCUT2D eigenvalue weighted by Crippen LogP contribution is -2.46. The standard InChI is InChI=1S/C20H22F3N5O2S/c21-20(22,23)13-8-12(9-24-10-13)17(29)26-19-16(27-28-31-19)18(30)25-15-7-3-5-11-4-1-2-6-14(11)15/h1-2,4,6,12-13,15,24H,3,5,7-10H2,(H,25,30)(H,26,29). The number of amides is 2. The second kappa shape index (κ2) is 8.91. The summed E-state index contributed by atoms with van der Waals surface area (Å²) in [7, 11) is 0. The van der Waals surface area contributed by atoms with Crippen molar-refractivity contribution in [2.24, 2.45) is 11.8 Å². The van der Waals surface area contributed by atoms with Crippen molar-refractivity contribution in [3.05, 3.63) is 41.1 Å². The Balaban J connectivity index is 1.42. The van der Waals surface area contributed by atoms with Gasteiger partial charge >= 0.3 is 6.18 Å². The number of halogens is 3. The largest absolute Gasteiger partial charge is 0.393 e. The fourth-order valence-electron chi connectivity index (χ4n) is 4.16. The van der Waals surface area contributed by atoms with Gasteiger partial charge in [-0.1, -0.05) is 28.8 Å². The van der Waals surface area contributed by atoms with Crippen molar-refractivity contribution in [3.63, 3.8) is 0 Å². The summed E-state index contributed by atoms with van der Waals surface area (Å²) < 4.78 is 42.8. The number of aromatic nitrogens is 2. The average Bonchev–Trinajstić information content (AvgIpc) is 3.22. The van der Waals surface area contributed by atoms with Crippen LogP contribution in [0.25, 0.3) is 0 Å². The number of nitrogens with one attached hydrogen (secondary N) is 3. The number of carbonyl (C=O) groups is 2. The molecule has 3 atom stereocenters. The molecule has 1 aromatic carbocycles. The second-order valence-electron chi connectivity index (χ2n) is 7.89. The van der Waals surface area contributed by atoms with E-state index in [9.17, 15) is 22.8 Å². The fourth-order valence-corrected chi connectivity index (χ4v) is 4.73. The number of fused-ring (bicyclic) bond motifs is 1. The van der Waals surface area contributed by atoms with Crippen LogP contribution in [0.2, 0.25) is 0 Å². The van der Waals surface area contributed by atoms with Gasteiger partial charge in [-0.25, -0.2) is 0 Å². The number of nitrogens with zero attached hydrogens (tertiary/aromatic N) is 2. The zero-order valence-corrected chi connectivity index (χ0v) is 17.4. The normalized spacial score (nSPS) is 23.6. The minimum Gasteiger partial charge on any atom is -0.344 e. The maximum absolute atomic E-state index is 13.0. The summed E-state index contributed by atoms with van der Waals surface area (Å²) in [6.07, 6.45) is -1.98. The number of hydrogen-bond acceptors (Lipinski definition) is 6. The maximum Gasteiger partial charge on any atom is 0.393 e. The van der Waals surface area contributed by atoms with Crippen LogP contribution >= 0.6 is 11.5 Å². The van der Waals surface area contributed by atoms with Gasteiger partial charge in [0.2, 0.25) is 5.91 Å². The maximum atomic E-state index is 13.0. The van der Waals surface area contributed by atoms with Crippen LogP contribution in [0.5, 0.6) is 0 Å². The third-order valence-electron chi connectivity index (χ3n) is 5.80. The zero-order chi connectivity index (χ0) is 22.0. The van der Waals surface area contributed by atoms with Gasteiger partial charge in [-0.3, -0.25) is 9.59 Å². The lowest BCUT2D eigenvalue weighted by Gasteiger charge is -2.30. The average molecular weight is 453 g/mol. The molecule has 2 heterocycles. The summed E-state index contributed by atoms with van der Waals surface area (Å²) in [4.78, 5) is 25.4. The summed E-state index contributed by atoms with van der Waals surface area (Å²) in [5.41, 5.74) is 2.22. The molecule has 1 fully saturated rings. The van der Waals surface area contributed by atoms with E-state index in [-0.39, 0.29) is 36.2 Å². The number of rotatable bonds is 4. The topological polar surface area (TPSA) is 96.0 Å². The van der Waals surface area contributed by atoms with Gasteiger partial charge in [-0.15, -0.1) is 5.10 Å². The lowest BCUT2D eigenvalue weighted by molar-refractivity contribution is -0.181. The molecule has 0 bridgehead atoms. The first-order valence-electron chi connectivity index (χ1n) is 10.1. The van der Waals surface area contributed by atoms with Crippen molar-refractivity contribution in [2.45, 2.75) is 37.9 Å². The van der Waals surface area contributed by atoms with Gasteiger partial charge < -0.3 is 16.0 Å². The summed E-state index contributed by atoms with van der Waals surface area (Å²) in [6.45, 7) is -0.0586. The number of carbonyl (C=O) groups excluding carboxylic acids is 2. The van der Waals surface area contributed by atoms with Gasteiger partial charge in [0, 0.05) is 24.6 Å². The van der Waals surface area contributed by atoms with Gasteiger partial charge in [0.05, 0.1) is 17.9 Å². The predicted molar refractivity (Wildman–Crippen MR) is 109 cm³/mol. The van der Waals surface area contributed by atoms with E-state index in [1.807, 2.05) is 24.3 Å². The number of hydrogen-bond donors (Lipinski definition) is 3. The third-order valence-corrected chi connectivity index (χ3v) is 6.44. The summed E-state index contributed by atoms with van der Waals surface area (Å²) in [6, 6.07) is 7.74. The van der Waals surface area contributed by atoms with Crippen molar-refractivity contribution in [3.8, 4) is 0 Å². The molecule has 1 aliphatic heterocycles. The van der Waals surface area contributed by atoms with Crippen molar-refractivity contribution in [2.75, 3.05) is 18.4 Å². The first-order chi connectivity index (χ1) is 14.8. The molecule has 3 unspecified atom stereocenters. The smallest absolute Gasteiger partial charge is 0.344 e. The Bertz CT molecular complexity index is 964. The van der Waals surface area contributed by atoms with E-state index in [0.717, 1.165) is 36.4 Å². The van der Waals surface area contributed by atoms with E-state index in [2.05, 4.69) is 25.5 Å². The molecule has 2 aliphatic rings. The molecule has 0 radical (unpaired) electrons. The Labute approximate surface area is 181 Å². The Hall–Kier alpha value is -2.53. The van der Waals surface area contributed by atoms with Crippen LogP contribution in [0.4, 0.5) is 18.2 Å². The Morgan fingerprint density at radius 3 is 2.81 bits per heavy atom. The third kappa shape index (κ3) is 4.87. The number of piperidine rings is 1. The highest BCUT2D eigenvalue weighted by molar-refractivity contribution is 7.10. The van der Waals surface area contributed by atoms with Gasteiger partial charge in [0.1, 0.15) is 5.00 Å². The quantitative estimate of drug-likeness (QED) is 0.661. The van der Waals surface area contributed by atoms with Crippen LogP contribution in [0.1, 0.15) is 46.9 Å². The molecule has 11 heteroatoms. The molecule has 4 rings (SSSR count). The molecule has 0 spiro atoms. The molecular weight excluding hydrogens is 431 g/mol. The molecule has 0 saturated carbocycles. The molecule has 31 heavy (non-hydrogen) atoms. The molecule has 1 aromatic heterocycles. The minimum atomic E-state index is -4.36. The molecule has 1 aliphatic carbocycles. The molecule has 2 amide bonds. The van der Waals surface area contributed by atoms with E-state index in [1.165, 1.54) is 5.56 Å². The molecular formula is C20H22F3N5O2S. The van der Waals surface area contributed by atoms with Crippen molar-refractivity contribution >= 4 is 28.3 Å². The zero-order valence-electron chi connectivity index (χ0n) is 16.5. The first-order valence-corrected chi connectivity index (χ1v) is 10.9. The Morgan fingerprint density at radius 2 is 2.00 bits per heavy atom. The lowest BCUT2D eigenvalue weighted by atomic mass is 9.87. The number of anilines is 1. The van der Waals surface area contributed by atoms with Gasteiger partial charge in [0.15, 0.2) is 5.69 Å². The molecule has 166 valence electrons. The van der Waals surface area contributed by atoms with E-state index in [0.29, 0.717) is 0 Å². The van der Waals surface area contributed by atoms with E-state index in [1.54, 1.807) is 0 Å². The minimum absolute atomic E-state index is 0.0301. The Kier molecular flexibility index (Phi) is 6.24. The molecule has 2 aromatic rings. The molecule has 3 N–H and O–H groups in total. The van der Waals surface area contributed by atoms with Gasteiger partial charge in [-0.05, 0) is 36.8 Å². The monoisotopic (exact) mass is 453 g/mol. The van der Waals surface area contributed by atoms with E-state index >= 15 is 0 Å². The van der Waals surface area contributed by atoms with Crippen LogP contribution in [0, 0.1) is 11.8 Å². The summed E-state index contributed by atoms with van der Waals surface area (Å²) in [5, 5.41) is 12.1. The summed E-state index contributed by atoms with van der Waals surface area (Å²) >= 11 is 0.828. The second-order valence-corrected chi connectivity index (χ2v) is 8.64. The fraction of sp³-hybridized carbons (Fsp3) is 0.500. The van der Waals surface area contributed by atoms with Crippen molar-refractivity contribution in [1.29, 1.82) is 0 Å². The van der Waals surface area contributed by atoms with Crippen LogP contribution in [-0.4, -0.2) is 40.7 Å². The Morgan fingerprint density at radius 1 is 1.19 bits per heavy atom. The highest BCUT2D eigenvalue weighted by Crippen LogP contribution is 2.34. The molecule has 7 nitrogen and oxygen atoms in total. The highest BCUT2D eigenvalue weighted by Gasteiger charge is 2.43. The van der Waals surface area contributed by atoms with Crippen molar-refractivity contribution < 1.29 is 22.8 Å². The first kappa shape index (κ1) is 21.7. The molecule has 1 saturated heterocycles. The van der Waals surface area contributed by atoms with Gasteiger partial charge in [-0.2, -0.15) is 13.2 Å². The number of benzene rings is 1. The van der Waals surface area contributed by atoms with E-state index < -0.39 is 29.8 Å².